The SMILES string of the molecule is C=C(/C=N\C(N)=C/C)c1ccc(C2CCC2)c(OC/C=N/c2ccccc2SC)c1F. The zero-order chi connectivity index (χ0) is 22.2. The van der Waals surface area contributed by atoms with Crippen molar-refractivity contribution in [2.24, 2.45) is 15.7 Å². The Labute approximate surface area is 187 Å². The number of ether oxygens (including phenoxy) is 1. The molecule has 4 nitrogen and oxygen atoms in total. The van der Waals surface area contributed by atoms with Gasteiger partial charge in [-0.1, -0.05) is 37.3 Å². The van der Waals surface area contributed by atoms with Crippen molar-refractivity contribution in [2.45, 2.75) is 37.0 Å². The standard InChI is InChI=1S/C25H28FN3OS/c1-4-23(27)29-16-17(2)19-12-13-20(18-8-7-9-18)25(24(19)26)30-15-14-28-21-10-5-6-11-22(21)31-3/h4-6,10-14,16,18H,2,7-9,15,27H2,1,3H3/b23-4-,28-14+,29-16-. The maximum Gasteiger partial charge on any atom is 0.173 e. The van der Waals surface area contributed by atoms with E-state index in [0.717, 1.165) is 35.4 Å². The van der Waals surface area contributed by atoms with E-state index in [1.165, 1.54) is 6.21 Å². The normalized spacial score (nSPS) is 14.9. The number of hydrogen-bond acceptors (Lipinski definition) is 5. The monoisotopic (exact) mass is 437 g/mol. The molecule has 2 aromatic carbocycles. The number of allylic oxidation sites excluding steroid dienone is 2. The minimum atomic E-state index is -0.419. The summed E-state index contributed by atoms with van der Waals surface area (Å²) in [5.41, 5.74) is 8.27. The maximum atomic E-state index is 15.4. The molecule has 1 aliphatic carbocycles. The van der Waals surface area contributed by atoms with Crippen LogP contribution in [0.4, 0.5) is 10.1 Å². The lowest BCUT2D eigenvalue weighted by Crippen LogP contribution is -2.13. The van der Waals surface area contributed by atoms with E-state index in [9.17, 15) is 0 Å². The maximum absolute atomic E-state index is 15.4. The Morgan fingerprint density at radius 1 is 1.29 bits per heavy atom. The van der Waals surface area contributed by atoms with Crippen molar-refractivity contribution in [3.8, 4) is 5.75 Å². The van der Waals surface area contributed by atoms with Crippen molar-refractivity contribution in [1.82, 2.24) is 0 Å². The van der Waals surface area contributed by atoms with Gasteiger partial charge in [-0.05, 0) is 55.7 Å². The van der Waals surface area contributed by atoms with Crippen LogP contribution in [0.1, 0.15) is 43.2 Å². The second kappa shape index (κ2) is 11.0. The summed E-state index contributed by atoms with van der Waals surface area (Å²) >= 11 is 1.63. The van der Waals surface area contributed by atoms with Gasteiger partial charge in [0.15, 0.2) is 11.6 Å². The van der Waals surface area contributed by atoms with E-state index < -0.39 is 5.82 Å². The number of nitrogens with zero attached hydrogens (tertiary/aromatic N) is 2. The topological polar surface area (TPSA) is 60.0 Å². The average Bonchev–Trinajstić information content (AvgIpc) is 2.75. The van der Waals surface area contributed by atoms with Gasteiger partial charge in [0.25, 0.3) is 0 Å². The Morgan fingerprint density at radius 3 is 2.74 bits per heavy atom. The predicted molar refractivity (Wildman–Crippen MR) is 130 cm³/mol. The molecule has 3 rings (SSSR count). The summed E-state index contributed by atoms with van der Waals surface area (Å²) in [6, 6.07) is 11.6. The summed E-state index contributed by atoms with van der Waals surface area (Å²) in [5.74, 6) is 0.539. The van der Waals surface area contributed by atoms with Gasteiger partial charge < -0.3 is 10.5 Å². The summed E-state index contributed by atoms with van der Waals surface area (Å²) in [6.45, 7) is 5.90. The molecule has 1 fully saturated rings. The van der Waals surface area contributed by atoms with Crippen LogP contribution >= 0.6 is 11.8 Å². The first-order valence-electron chi connectivity index (χ1n) is 10.3. The van der Waals surface area contributed by atoms with Crippen LogP contribution in [0.3, 0.4) is 0 Å². The highest BCUT2D eigenvalue weighted by atomic mass is 32.2. The van der Waals surface area contributed by atoms with E-state index in [1.54, 1.807) is 37.0 Å². The second-order valence-electron chi connectivity index (χ2n) is 7.26. The summed E-state index contributed by atoms with van der Waals surface area (Å²) in [6.07, 6.45) is 10.1. The summed E-state index contributed by atoms with van der Waals surface area (Å²) < 4.78 is 21.3. The van der Waals surface area contributed by atoms with E-state index in [1.807, 2.05) is 36.6 Å². The van der Waals surface area contributed by atoms with Crippen molar-refractivity contribution in [1.29, 1.82) is 0 Å². The molecule has 0 unspecified atom stereocenters. The van der Waals surface area contributed by atoms with Crippen LogP contribution in [0.2, 0.25) is 0 Å². The van der Waals surface area contributed by atoms with Gasteiger partial charge in [0.1, 0.15) is 12.4 Å². The van der Waals surface area contributed by atoms with Gasteiger partial charge in [-0.3, -0.25) is 4.99 Å². The molecule has 31 heavy (non-hydrogen) atoms. The molecule has 1 saturated carbocycles. The molecule has 0 bridgehead atoms. The zero-order valence-corrected chi connectivity index (χ0v) is 18.8. The molecule has 0 radical (unpaired) electrons. The van der Waals surface area contributed by atoms with Gasteiger partial charge in [-0.2, -0.15) is 0 Å². The number of hydrogen-bond donors (Lipinski definition) is 1. The molecule has 0 aliphatic heterocycles. The molecule has 2 aromatic rings. The third-order valence-corrected chi connectivity index (χ3v) is 6.09. The summed E-state index contributed by atoms with van der Waals surface area (Å²) in [7, 11) is 0. The Bertz CT molecular complexity index is 1030. The highest BCUT2D eigenvalue weighted by molar-refractivity contribution is 7.98. The fourth-order valence-electron chi connectivity index (χ4n) is 3.30. The van der Waals surface area contributed by atoms with Crippen molar-refractivity contribution < 1.29 is 9.13 Å². The van der Waals surface area contributed by atoms with Crippen LogP contribution in [0.15, 0.2) is 69.8 Å². The average molecular weight is 438 g/mol. The first-order valence-corrected chi connectivity index (χ1v) is 11.5. The quantitative estimate of drug-likeness (QED) is 0.360. The minimum Gasteiger partial charge on any atom is -0.485 e. The van der Waals surface area contributed by atoms with Crippen LogP contribution < -0.4 is 10.5 Å². The lowest BCUT2D eigenvalue weighted by atomic mass is 9.79. The Hall–Kier alpha value is -2.86. The number of para-hydroxylation sites is 1. The first-order chi connectivity index (χ1) is 15.0. The van der Waals surface area contributed by atoms with E-state index >= 15 is 4.39 Å². The molecule has 0 aromatic heterocycles. The third kappa shape index (κ3) is 5.64. The summed E-state index contributed by atoms with van der Waals surface area (Å²) in [5, 5.41) is 0. The molecule has 0 heterocycles. The van der Waals surface area contributed by atoms with Gasteiger partial charge in [-0.15, -0.1) is 11.8 Å². The molecule has 0 atom stereocenters. The molecule has 6 heteroatoms. The fraction of sp³-hybridized carbons (Fsp3) is 0.280. The number of benzene rings is 2. The van der Waals surface area contributed by atoms with Gasteiger partial charge in [0, 0.05) is 28.5 Å². The number of thioether (sulfide) groups is 1. The zero-order valence-electron chi connectivity index (χ0n) is 18.0. The Kier molecular flexibility index (Phi) is 8.06. The van der Waals surface area contributed by atoms with Gasteiger partial charge in [-0.25, -0.2) is 9.38 Å². The number of rotatable bonds is 9. The van der Waals surface area contributed by atoms with Crippen molar-refractivity contribution in [3.05, 3.63) is 71.8 Å². The lowest BCUT2D eigenvalue weighted by molar-refractivity contribution is 0.334. The van der Waals surface area contributed by atoms with Crippen LogP contribution in [-0.2, 0) is 0 Å². The first kappa shape index (κ1) is 22.8. The molecule has 0 amide bonds. The Morgan fingerprint density at radius 2 is 2.06 bits per heavy atom. The number of nitrogens with two attached hydrogens (primary N) is 1. The van der Waals surface area contributed by atoms with Gasteiger partial charge >= 0.3 is 0 Å². The van der Waals surface area contributed by atoms with Gasteiger partial charge in [0.05, 0.1) is 5.69 Å². The van der Waals surface area contributed by atoms with E-state index in [2.05, 4.69) is 16.6 Å². The predicted octanol–water partition coefficient (Wildman–Crippen LogP) is 6.50. The molecule has 162 valence electrons. The number of halogens is 1. The Balaban J connectivity index is 1.82. The minimum absolute atomic E-state index is 0.175. The molecule has 1 aliphatic rings. The smallest absolute Gasteiger partial charge is 0.173 e. The fourth-order valence-corrected chi connectivity index (χ4v) is 3.84. The van der Waals surface area contributed by atoms with Crippen molar-refractivity contribution in [3.63, 3.8) is 0 Å². The third-order valence-electron chi connectivity index (χ3n) is 5.30. The molecular weight excluding hydrogens is 409 g/mol. The molecule has 0 saturated heterocycles. The van der Waals surface area contributed by atoms with Crippen molar-refractivity contribution in [2.75, 3.05) is 12.9 Å². The molecule has 0 spiro atoms. The lowest BCUT2D eigenvalue weighted by Gasteiger charge is -2.28. The van der Waals surface area contributed by atoms with Crippen LogP contribution in [0, 0.1) is 5.82 Å². The van der Waals surface area contributed by atoms with Crippen LogP contribution in [0.25, 0.3) is 5.57 Å². The summed E-state index contributed by atoms with van der Waals surface area (Å²) in [4.78, 5) is 9.66. The van der Waals surface area contributed by atoms with E-state index in [-0.39, 0.29) is 12.4 Å². The molecule has 2 N–H and O–H groups in total. The second-order valence-corrected chi connectivity index (χ2v) is 8.11. The molecular formula is C25H28FN3OS. The largest absolute Gasteiger partial charge is 0.485 e. The number of aliphatic imine (C=N–C) groups is 2. The highest BCUT2D eigenvalue weighted by Gasteiger charge is 2.26. The highest BCUT2D eigenvalue weighted by Crippen LogP contribution is 2.43. The van der Waals surface area contributed by atoms with Crippen LogP contribution in [0.5, 0.6) is 5.75 Å². The van der Waals surface area contributed by atoms with E-state index in [4.69, 9.17) is 10.5 Å². The van der Waals surface area contributed by atoms with Crippen molar-refractivity contribution >= 4 is 35.5 Å². The van der Waals surface area contributed by atoms with Gasteiger partial charge in [0.2, 0.25) is 0 Å². The van der Waals surface area contributed by atoms with Crippen LogP contribution in [-0.4, -0.2) is 25.3 Å². The van der Waals surface area contributed by atoms with E-state index in [0.29, 0.717) is 22.9 Å².